The molecule has 1 unspecified atom stereocenters. The molecule has 10 heteroatoms. The van der Waals surface area contributed by atoms with Crippen LogP contribution >= 0.6 is 46.2 Å². The van der Waals surface area contributed by atoms with Gasteiger partial charge in [-0.05, 0) is 54.0 Å². The van der Waals surface area contributed by atoms with E-state index in [-0.39, 0.29) is 34.2 Å². The number of aliphatic imine (C=N–C) groups is 2. The third-order valence-electron chi connectivity index (χ3n) is 5.56. The van der Waals surface area contributed by atoms with Crippen molar-refractivity contribution in [1.82, 2.24) is 9.03 Å². The van der Waals surface area contributed by atoms with Gasteiger partial charge >= 0.3 is 0 Å². The predicted octanol–water partition coefficient (Wildman–Crippen LogP) is 6.32. The molecule has 2 aromatic heterocycles. The van der Waals surface area contributed by atoms with Gasteiger partial charge in [0, 0.05) is 23.3 Å². The second kappa shape index (κ2) is 11.9. The zero-order valence-electron chi connectivity index (χ0n) is 19.9. The lowest BCUT2D eigenvalue weighted by atomic mass is 10.0. The van der Waals surface area contributed by atoms with Gasteiger partial charge in [-0.15, -0.1) is 22.7 Å². The quantitative estimate of drug-likeness (QED) is 0.147. The van der Waals surface area contributed by atoms with Gasteiger partial charge in [0.05, 0.1) is 6.04 Å². The minimum atomic E-state index is -0.223. The highest BCUT2D eigenvalue weighted by atomic mass is 32.2. The molecule has 0 bridgehead atoms. The van der Waals surface area contributed by atoms with Gasteiger partial charge in [-0.25, -0.2) is 4.99 Å². The van der Waals surface area contributed by atoms with Crippen LogP contribution in [0.4, 0.5) is 5.69 Å². The zero-order valence-corrected chi connectivity index (χ0v) is 23.3. The van der Waals surface area contributed by atoms with E-state index in [1.54, 1.807) is 11.3 Å². The van der Waals surface area contributed by atoms with Gasteiger partial charge in [-0.3, -0.25) is 9.30 Å². The fourth-order valence-electron chi connectivity index (χ4n) is 3.65. The molecule has 4 N–H and O–H groups in total. The highest BCUT2D eigenvalue weighted by molar-refractivity contribution is 8.14. The predicted molar refractivity (Wildman–Crippen MR) is 151 cm³/mol. The summed E-state index contributed by atoms with van der Waals surface area (Å²) < 4.78 is 6.17. The number of thiol groups is 1. The van der Waals surface area contributed by atoms with Crippen LogP contribution in [0.2, 0.25) is 0 Å². The molecule has 2 atom stereocenters. The third kappa shape index (κ3) is 6.22. The third-order valence-corrected chi connectivity index (χ3v) is 10.3. The number of thiophene rings is 2. The van der Waals surface area contributed by atoms with Crippen LogP contribution in [-0.2, 0) is 0 Å². The minimum absolute atomic E-state index is 0.0618. The summed E-state index contributed by atoms with van der Waals surface area (Å²) >= 11 is 7.49. The average Bonchev–Trinajstić information content (AvgIpc) is 3.53. The van der Waals surface area contributed by atoms with Crippen molar-refractivity contribution in [2.75, 3.05) is 13.1 Å². The molecule has 182 valence electrons. The van der Waals surface area contributed by atoms with E-state index in [2.05, 4.69) is 78.3 Å². The molecule has 0 saturated carbocycles. The van der Waals surface area contributed by atoms with Gasteiger partial charge in [0.2, 0.25) is 0 Å². The van der Waals surface area contributed by atoms with Crippen LogP contribution in [0.3, 0.4) is 0 Å². The van der Waals surface area contributed by atoms with E-state index in [4.69, 9.17) is 10.7 Å². The number of nitrogens with one attached hydrogen (secondary N) is 1. The molecule has 0 amide bonds. The summed E-state index contributed by atoms with van der Waals surface area (Å²) in [6, 6.07) is 2.17. The molecule has 1 fully saturated rings. The average molecular weight is 526 g/mol. The maximum Gasteiger partial charge on any atom is 0.174 e. The molecule has 0 aliphatic carbocycles. The van der Waals surface area contributed by atoms with Crippen molar-refractivity contribution < 1.29 is 5.11 Å². The van der Waals surface area contributed by atoms with Crippen molar-refractivity contribution in [3.8, 4) is 5.75 Å². The van der Waals surface area contributed by atoms with Crippen molar-refractivity contribution >= 4 is 68.9 Å². The van der Waals surface area contributed by atoms with Crippen molar-refractivity contribution in [3.63, 3.8) is 0 Å². The summed E-state index contributed by atoms with van der Waals surface area (Å²) in [5.74, 6) is 1.57. The molecule has 33 heavy (non-hydrogen) atoms. The second-order valence-electron chi connectivity index (χ2n) is 8.66. The van der Waals surface area contributed by atoms with Crippen LogP contribution in [-0.4, -0.2) is 39.5 Å². The van der Waals surface area contributed by atoms with Crippen LogP contribution in [0.5, 0.6) is 5.75 Å². The number of rotatable bonds is 7. The van der Waals surface area contributed by atoms with Crippen LogP contribution in [0, 0.1) is 5.92 Å². The van der Waals surface area contributed by atoms with Gasteiger partial charge in [-0.2, -0.15) is 0 Å². The second-order valence-corrected chi connectivity index (χ2v) is 13.0. The molecular formula is C23H35N5OS4. The number of nitrogens with two attached hydrogens (primary N) is 1. The first-order valence-corrected chi connectivity index (χ1v) is 14.7. The highest BCUT2D eigenvalue weighted by Gasteiger charge is 2.23. The molecule has 3 heterocycles. The molecule has 1 aliphatic heterocycles. The molecule has 1 saturated heterocycles. The molecule has 6 nitrogen and oxygen atoms in total. The Labute approximate surface area is 213 Å². The Balaban J connectivity index is 1.90. The smallest absolute Gasteiger partial charge is 0.174 e. The van der Waals surface area contributed by atoms with E-state index in [0.717, 1.165) is 17.3 Å². The fraction of sp³-hybridized carbons (Fsp3) is 0.522. The fourth-order valence-corrected chi connectivity index (χ4v) is 8.55. The van der Waals surface area contributed by atoms with Crippen molar-refractivity contribution in [2.24, 2.45) is 21.6 Å². The topological polar surface area (TPSA) is 86.2 Å². The lowest BCUT2D eigenvalue weighted by molar-refractivity contribution is 0.467. The molecule has 1 aliphatic rings. The van der Waals surface area contributed by atoms with Crippen molar-refractivity contribution in [3.05, 3.63) is 27.3 Å². The van der Waals surface area contributed by atoms with Gasteiger partial charge in [-0.1, -0.05) is 51.2 Å². The standard InChI is InChI=1S/C23H35N5OS4/c1-6-33(28-9-7-8-10-28)23-20(29)17(13-32-23)25-21(24)22(27-30)26-19(15(4)5)18-11-16(12-31-18)14(2)3/h6,11-15,19,29-30H,7-10H2,1-5H3,(H2,24,25)(H,26,27)/t19-,33?/m1/s1. The molecule has 3 rings (SSSR count). The number of amidine groups is 2. The van der Waals surface area contributed by atoms with E-state index in [0.29, 0.717) is 17.4 Å². The summed E-state index contributed by atoms with van der Waals surface area (Å²) in [4.78, 5) is 10.6. The monoisotopic (exact) mass is 525 g/mol. The molecule has 0 spiro atoms. The maximum absolute atomic E-state index is 10.9. The van der Waals surface area contributed by atoms with E-state index in [1.807, 2.05) is 5.38 Å². The Morgan fingerprint density at radius 2 is 1.94 bits per heavy atom. The lowest BCUT2D eigenvalue weighted by Gasteiger charge is -2.19. The van der Waals surface area contributed by atoms with Gasteiger partial charge in [0.15, 0.2) is 17.4 Å². The first kappa shape index (κ1) is 26.3. The Bertz CT molecular complexity index is 1030. The first-order chi connectivity index (χ1) is 15.8. The highest BCUT2D eigenvalue weighted by Crippen LogP contribution is 2.48. The van der Waals surface area contributed by atoms with Gasteiger partial charge in [0.25, 0.3) is 0 Å². The summed E-state index contributed by atoms with van der Waals surface area (Å²) in [5.41, 5.74) is 8.13. The van der Waals surface area contributed by atoms with Crippen LogP contribution in [0.1, 0.15) is 69.9 Å². The maximum atomic E-state index is 10.9. The molecule has 0 aromatic carbocycles. The van der Waals surface area contributed by atoms with E-state index in [9.17, 15) is 5.11 Å². The normalized spacial score (nSPS) is 17.9. The molecular weight excluding hydrogens is 491 g/mol. The Morgan fingerprint density at radius 1 is 1.24 bits per heavy atom. The minimum Gasteiger partial charge on any atom is -0.504 e. The van der Waals surface area contributed by atoms with Crippen LogP contribution in [0.25, 0.3) is 0 Å². The van der Waals surface area contributed by atoms with Crippen LogP contribution < -0.4 is 10.5 Å². The summed E-state index contributed by atoms with van der Waals surface area (Å²) in [6.45, 7) is 12.8. The van der Waals surface area contributed by atoms with E-state index >= 15 is 0 Å². The number of hydrogen-bond acceptors (Lipinski definition) is 7. The Morgan fingerprint density at radius 3 is 2.48 bits per heavy atom. The number of hydrogen-bond donors (Lipinski definition) is 4. The Hall–Kier alpha value is -1.33. The largest absolute Gasteiger partial charge is 0.504 e. The van der Waals surface area contributed by atoms with E-state index in [1.165, 1.54) is 34.6 Å². The number of nitrogens with zero attached hydrogens (tertiary/aromatic N) is 3. The summed E-state index contributed by atoms with van der Waals surface area (Å²) in [6.07, 6.45) is 2.41. The van der Waals surface area contributed by atoms with Crippen molar-refractivity contribution in [2.45, 2.75) is 63.6 Å². The molecule has 2 aromatic rings. The summed E-state index contributed by atoms with van der Waals surface area (Å²) in [5, 5.41) is 17.1. The molecule has 0 radical (unpaired) electrons. The van der Waals surface area contributed by atoms with Gasteiger partial charge in [0.1, 0.15) is 9.90 Å². The SMILES string of the molecule is C/C=S(\c1scc(N=C(N)C(=N[C@@H](c2cc(C(C)C)cs2)C(C)C)NS)c1O)N1CCCC1. The Kier molecular flexibility index (Phi) is 9.46. The lowest BCUT2D eigenvalue weighted by Crippen LogP contribution is -2.32. The number of aromatic hydroxyl groups is 1. The van der Waals surface area contributed by atoms with Crippen molar-refractivity contribution in [1.29, 1.82) is 0 Å². The summed E-state index contributed by atoms with van der Waals surface area (Å²) in [7, 11) is -0.223. The van der Waals surface area contributed by atoms with E-state index < -0.39 is 0 Å². The first-order valence-electron chi connectivity index (χ1n) is 11.3. The van der Waals surface area contributed by atoms with Crippen LogP contribution in [0.15, 0.2) is 31.0 Å². The van der Waals surface area contributed by atoms with Gasteiger partial charge < -0.3 is 15.6 Å². The zero-order chi connectivity index (χ0) is 24.1.